The summed E-state index contributed by atoms with van der Waals surface area (Å²) in [5, 5.41) is 5.94. The van der Waals surface area contributed by atoms with Crippen molar-refractivity contribution in [2.24, 2.45) is 7.05 Å². The van der Waals surface area contributed by atoms with E-state index in [2.05, 4.69) is 20.6 Å². The minimum absolute atomic E-state index is 0.0176. The number of H-pyrrole nitrogens is 1. The Bertz CT molecular complexity index is 1740. The summed E-state index contributed by atoms with van der Waals surface area (Å²) >= 11 is 0. The normalized spacial score (nSPS) is 11.5. The van der Waals surface area contributed by atoms with Gasteiger partial charge in [0.2, 0.25) is 5.91 Å². The van der Waals surface area contributed by atoms with E-state index in [9.17, 15) is 27.2 Å². The highest BCUT2D eigenvalue weighted by atomic mass is 19.4. The second-order valence-corrected chi connectivity index (χ2v) is 9.26. The Morgan fingerprint density at radius 3 is 2.48 bits per heavy atom. The van der Waals surface area contributed by atoms with E-state index in [0.29, 0.717) is 28.2 Å². The van der Waals surface area contributed by atoms with Crippen LogP contribution in [-0.2, 0) is 24.7 Å². The Balaban J connectivity index is 1.58. The molecule has 0 spiro atoms. The number of aromatic nitrogens is 3. The Labute approximate surface area is 225 Å². The quantitative estimate of drug-likeness (QED) is 0.214. The van der Waals surface area contributed by atoms with Crippen LogP contribution in [0.25, 0.3) is 22.2 Å². The van der Waals surface area contributed by atoms with Gasteiger partial charge in [-0.15, -0.1) is 0 Å². The Morgan fingerprint density at radius 2 is 1.77 bits per heavy atom. The van der Waals surface area contributed by atoms with Crippen molar-refractivity contribution in [2.75, 3.05) is 10.6 Å². The van der Waals surface area contributed by atoms with Crippen LogP contribution >= 0.6 is 0 Å². The third-order valence-corrected chi connectivity index (χ3v) is 6.23. The van der Waals surface area contributed by atoms with E-state index in [1.165, 1.54) is 43.7 Å². The summed E-state index contributed by atoms with van der Waals surface area (Å²) in [6.45, 7) is 0. The van der Waals surface area contributed by atoms with Crippen LogP contribution in [0.3, 0.4) is 0 Å². The zero-order valence-electron chi connectivity index (χ0n) is 21.1. The number of alkyl halides is 3. The van der Waals surface area contributed by atoms with E-state index in [0.717, 1.165) is 4.57 Å². The van der Waals surface area contributed by atoms with Crippen molar-refractivity contribution in [3.8, 4) is 11.3 Å². The topological polar surface area (TPSA) is 91.8 Å². The number of fused-ring (bicyclic) bond motifs is 1. The Hall–Kier alpha value is -4.93. The molecule has 0 aliphatic heterocycles. The molecule has 3 heterocycles. The molecule has 0 saturated heterocycles. The smallest absolute Gasteiger partial charge is 0.353 e. The van der Waals surface area contributed by atoms with Crippen LogP contribution in [0.4, 0.5) is 34.8 Å². The molecule has 0 bridgehead atoms. The van der Waals surface area contributed by atoms with Crippen LogP contribution in [0.2, 0.25) is 0 Å². The van der Waals surface area contributed by atoms with E-state index < -0.39 is 29.9 Å². The lowest BCUT2D eigenvalue weighted by Gasteiger charge is -2.11. The number of nitrogens with zero attached hydrogens (tertiary/aromatic N) is 2. The largest absolute Gasteiger partial charge is 0.393 e. The number of aryl methyl sites for hydroxylation is 1. The van der Waals surface area contributed by atoms with Gasteiger partial charge in [-0.3, -0.25) is 9.59 Å². The predicted octanol–water partition coefficient (Wildman–Crippen LogP) is 6.10. The van der Waals surface area contributed by atoms with Crippen molar-refractivity contribution >= 4 is 34.0 Å². The molecule has 0 aliphatic carbocycles. The SMILES string of the molecule is Cn1cc(CC(F)(F)F)c2[nH]c(-c3ccnc(NC(=O)Cc4ccc(F)cc4)c3)c(Nc3ccccc3)c2c1=O. The second kappa shape index (κ2) is 10.7. The van der Waals surface area contributed by atoms with Gasteiger partial charge in [-0.25, -0.2) is 9.37 Å². The van der Waals surface area contributed by atoms with Crippen molar-refractivity contribution in [2.45, 2.75) is 19.0 Å². The van der Waals surface area contributed by atoms with Crippen molar-refractivity contribution in [1.29, 1.82) is 0 Å². The van der Waals surface area contributed by atoms with Crippen molar-refractivity contribution in [3.05, 3.63) is 106 Å². The summed E-state index contributed by atoms with van der Waals surface area (Å²) in [6, 6.07) is 17.6. The number of halogens is 4. The number of rotatable bonds is 7. The number of hydrogen-bond donors (Lipinski definition) is 3. The molecule has 0 unspecified atom stereocenters. The van der Waals surface area contributed by atoms with Gasteiger partial charge in [0.15, 0.2) is 0 Å². The summed E-state index contributed by atoms with van der Waals surface area (Å²) in [5.41, 5.74) is 1.83. The molecule has 2 aromatic carbocycles. The second-order valence-electron chi connectivity index (χ2n) is 9.26. The van der Waals surface area contributed by atoms with Crippen LogP contribution < -0.4 is 16.2 Å². The molecule has 204 valence electrons. The number of aromatic amines is 1. The van der Waals surface area contributed by atoms with Gasteiger partial charge in [0, 0.05) is 36.3 Å². The molecular weight excluding hydrogens is 526 g/mol. The van der Waals surface area contributed by atoms with Crippen LogP contribution in [0, 0.1) is 5.82 Å². The van der Waals surface area contributed by atoms with Gasteiger partial charge in [-0.05, 0) is 42.0 Å². The van der Waals surface area contributed by atoms with E-state index in [1.54, 1.807) is 36.4 Å². The Morgan fingerprint density at radius 1 is 1.05 bits per heavy atom. The third kappa shape index (κ3) is 5.88. The molecule has 7 nitrogen and oxygen atoms in total. The van der Waals surface area contributed by atoms with Crippen LogP contribution in [0.5, 0.6) is 0 Å². The first kappa shape index (κ1) is 26.7. The predicted molar refractivity (Wildman–Crippen MR) is 145 cm³/mol. The summed E-state index contributed by atoms with van der Waals surface area (Å²) in [7, 11) is 1.40. The van der Waals surface area contributed by atoms with Gasteiger partial charge >= 0.3 is 6.18 Å². The first-order valence-corrected chi connectivity index (χ1v) is 12.2. The number of benzene rings is 2. The van der Waals surface area contributed by atoms with Crippen LogP contribution in [-0.4, -0.2) is 26.6 Å². The molecule has 5 aromatic rings. The molecule has 0 aliphatic rings. The zero-order chi connectivity index (χ0) is 28.4. The molecule has 11 heteroatoms. The van der Waals surface area contributed by atoms with E-state index in [4.69, 9.17) is 0 Å². The first-order chi connectivity index (χ1) is 19.1. The maximum Gasteiger partial charge on any atom is 0.393 e. The van der Waals surface area contributed by atoms with Gasteiger partial charge < -0.3 is 20.2 Å². The van der Waals surface area contributed by atoms with Gasteiger partial charge in [-0.2, -0.15) is 13.2 Å². The monoisotopic (exact) mass is 549 g/mol. The third-order valence-electron chi connectivity index (χ3n) is 6.23. The molecule has 0 fully saturated rings. The highest BCUT2D eigenvalue weighted by Gasteiger charge is 2.31. The number of carbonyl (C=O) groups is 1. The fourth-order valence-electron chi connectivity index (χ4n) is 4.47. The van der Waals surface area contributed by atoms with E-state index in [1.807, 2.05) is 6.07 Å². The molecule has 1 amide bonds. The fraction of sp³-hybridized carbons (Fsp3) is 0.138. The highest BCUT2D eigenvalue weighted by molar-refractivity contribution is 6.04. The summed E-state index contributed by atoms with van der Waals surface area (Å²) < 4.78 is 54.6. The first-order valence-electron chi connectivity index (χ1n) is 12.2. The summed E-state index contributed by atoms with van der Waals surface area (Å²) in [6.07, 6.45) is -3.13. The zero-order valence-corrected chi connectivity index (χ0v) is 21.1. The van der Waals surface area contributed by atoms with Crippen molar-refractivity contribution in [1.82, 2.24) is 14.5 Å². The van der Waals surface area contributed by atoms with E-state index in [-0.39, 0.29) is 28.7 Å². The summed E-state index contributed by atoms with van der Waals surface area (Å²) in [4.78, 5) is 33.1. The van der Waals surface area contributed by atoms with Crippen LogP contribution in [0.15, 0.2) is 83.9 Å². The highest BCUT2D eigenvalue weighted by Crippen LogP contribution is 2.38. The van der Waals surface area contributed by atoms with Gasteiger partial charge in [0.1, 0.15) is 11.6 Å². The lowest BCUT2D eigenvalue weighted by Crippen LogP contribution is -2.20. The van der Waals surface area contributed by atoms with Crippen molar-refractivity contribution < 1.29 is 22.4 Å². The number of para-hydroxylation sites is 1. The maximum absolute atomic E-state index is 13.4. The Kier molecular flexibility index (Phi) is 7.12. The fourth-order valence-corrected chi connectivity index (χ4v) is 4.47. The van der Waals surface area contributed by atoms with Gasteiger partial charge in [0.25, 0.3) is 5.56 Å². The number of carbonyl (C=O) groups excluding carboxylic acids is 1. The van der Waals surface area contributed by atoms with Gasteiger partial charge in [-0.1, -0.05) is 30.3 Å². The average Bonchev–Trinajstić information content (AvgIpc) is 3.28. The lowest BCUT2D eigenvalue weighted by atomic mass is 10.1. The van der Waals surface area contributed by atoms with Crippen molar-refractivity contribution in [3.63, 3.8) is 0 Å². The average molecular weight is 550 g/mol. The number of hydrogen-bond acceptors (Lipinski definition) is 4. The maximum atomic E-state index is 13.4. The summed E-state index contributed by atoms with van der Waals surface area (Å²) in [5.74, 6) is -0.612. The molecule has 5 rings (SSSR count). The number of pyridine rings is 2. The number of anilines is 3. The molecule has 0 radical (unpaired) electrons. The van der Waals surface area contributed by atoms with E-state index >= 15 is 0 Å². The van der Waals surface area contributed by atoms with Gasteiger partial charge in [0.05, 0.1) is 35.1 Å². The number of nitrogens with one attached hydrogen (secondary N) is 3. The molecule has 3 aromatic heterocycles. The number of amides is 1. The molecule has 40 heavy (non-hydrogen) atoms. The molecular formula is C29H23F4N5O2. The minimum Gasteiger partial charge on any atom is -0.353 e. The molecule has 3 N–H and O–H groups in total. The molecule has 0 saturated carbocycles. The van der Waals surface area contributed by atoms with Crippen LogP contribution in [0.1, 0.15) is 11.1 Å². The minimum atomic E-state index is -4.50. The standard InChI is InChI=1S/C29H23F4N5O2/c1-38-16-19(15-29(31,32)33)25-24(28(38)40)27(35-21-5-3-2-4-6-21)26(37-25)18-11-12-34-22(14-18)36-23(39)13-17-7-9-20(30)10-8-17/h2-12,14,16,35,37H,13,15H2,1H3,(H,34,36,39). The lowest BCUT2D eigenvalue weighted by molar-refractivity contribution is -0.127. The molecule has 0 atom stereocenters.